The van der Waals surface area contributed by atoms with Gasteiger partial charge in [-0.25, -0.2) is 0 Å². The largest absolute Gasteiger partial charge is 0.497 e. The van der Waals surface area contributed by atoms with E-state index in [1.165, 1.54) is 0 Å². The summed E-state index contributed by atoms with van der Waals surface area (Å²) in [5.41, 5.74) is 6.52. The molecule has 2 unspecified atom stereocenters. The fourth-order valence-corrected chi connectivity index (χ4v) is 1.89. The van der Waals surface area contributed by atoms with E-state index in [0.29, 0.717) is 6.54 Å². The van der Waals surface area contributed by atoms with Crippen LogP contribution >= 0.6 is 0 Å². The van der Waals surface area contributed by atoms with Crippen LogP contribution in [0.2, 0.25) is 0 Å². The lowest BCUT2D eigenvalue weighted by atomic mass is 10.0. The van der Waals surface area contributed by atoms with Crippen LogP contribution in [0.15, 0.2) is 24.3 Å². The van der Waals surface area contributed by atoms with Crippen molar-refractivity contribution in [1.82, 2.24) is 5.32 Å². The molecule has 0 bridgehead atoms. The molecule has 0 aliphatic rings. The Morgan fingerprint density at radius 3 is 2.47 bits per heavy atom. The van der Waals surface area contributed by atoms with Crippen molar-refractivity contribution in [1.29, 1.82) is 0 Å². The second-order valence-corrected chi connectivity index (χ2v) is 4.84. The van der Waals surface area contributed by atoms with Gasteiger partial charge in [0.05, 0.1) is 13.2 Å². The molecular weight excluding hydrogens is 240 g/mol. The average molecular weight is 264 g/mol. The molecule has 1 amide bonds. The molecule has 2 atom stereocenters. The van der Waals surface area contributed by atoms with Crippen LogP contribution in [-0.2, 0) is 4.79 Å². The van der Waals surface area contributed by atoms with E-state index < -0.39 is 0 Å². The number of rotatable bonds is 7. The lowest BCUT2D eigenvalue weighted by Crippen LogP contribution is -2.31. The molecule has 0 heterocycles. The first kappa shape index (κ1) is 15.5. The molecule has 0 spiro atoms. The van der Waals surface area contributed by atoms with Crippen molar-refractivity contribution in [2.45, 2.75) is 32.7 Å². The van der Waals surface area contributed by atoms with Crippen molar-refractivity contribution in [2.24, 2.45) is 11.7 Å². The van der Waals surface area contributed by atoms with Crippen molar-refractivity contribution >= 4 is 5.91 Å². The molecule has 3 N–H and O–H groups in total. The summed E-state index contributed by atoms with van der Waals surface area (Å²) in [5, 5.41) is 3.02. The van der Waals surface area contributed by atoms with Gasteiger partial charge in [-0.15, -0.1) is 0 Å². The average Bonchev–Trinajstić information content (AvgIpc) is 2.44. The molecule has 0 radical (unpaired) electrons. The minimum absolute atomic E-state index is 0.00117. The van der Waals surface area contributed by atoms with E-state index in [1.807, 2.05) is 38.1 Å². The Morgan fingerprint density at radius 1 is 1.32 bits per heavy atom. The summed E-state index contributed by atoms with van der Waals surface area (Å²) in [6.45, 7) is 4.55. The second-order valence-electron chi connectivity index (χ2n) is 4.84. The predicted molar refractivity (Wildman–Crippen MR) is 77.0 cm³/mol. The molecular formula is C15H24N2O2. The van der Waals surface area contributed by atoms with Gasteiger partial charge in [0.1, 0.15) is 5.75 Å². The number of amides is 1. The zero-order valence-corrected chi connectivity index (χ0v) is 12.0. The highest BCUT2D eigenvalue weighted by Crippen LogP contribution is 2.18. The van der Waals surface area contributed by atoms with E-state index in [2.05, 4.69) is 5.32 Å². The third-order valence-corrected chi connectivity index (χ3v) is 3.26. The van der Waals surface area contributed by atoms with Gasteiger partial charge in [0.25, 0.3) is 0 Å². The summed E-state index contributed by atoms with van der Waals surface area (Å²) in [6, 6.07) is 7.73. The SMILES string of the molecule is COc1ccc(C(C)NC(=O)C(C)CCCN)cc1. The molecule has 1 aromatic carbocycles. The van der Waals surface area contributed by atoms with Crippen LogP contribution in [0.1, 0.15) is 38.3 Å². The summed E-state index contributed by atoms with van der Waals surface area (Å²) in [7, 11) is 1.64. The second kappa shape index (κ2) is 7.79. The van der Waals surface area contributed by atoms with Crippen molar-refractivity contribution in [3.05, 3.63) is 29.8 Å². The molecule has 4 heteroatoms. The van der Waals surface area contributed by atoms with Gasteiger partial charge in [0.15, 0.2) is 0 Å². The van der Waals surface area contributed by atoms with Gasteiger partial charge in [0.2, 0.25) is 5.91 Å². The zero-order chi connectivity index (χ0) is 14.3. The van der Waals surface area contributed by atoms with Crippen LogP contribution in [0.3, 0.4) is 0 Å². The van der Waals surface area contributed by atoms with E-state index >= 15 is 0 Å². The van der Waals surface area contributed by atoms with Crippen LogP contribution in [-0.4, -0.2) is 19.6 Å². The molecule has 0 aliphatic heterocycles. The summed E-state index contributed by atoms with van der Waals surface area (Å²) in [6.07, 6.45) is 1.71. The molecule has 19 heavy (non-hydrogen) atoms. The Balaban J connectivity index is 2.53. The number of nitrogens with one attached hydrogen (secondary N) is 1. The maximum Gasteiger partial charge on any atom is 0.223 e. The van der Waals surface area contributed by atoms with Crippen molar-refractivity contribution < 1.29 is 9.53 Å². The number of nitrogens with two attached hydrogens (primary N) is 1. The Labute approximate surface area is 115 Å². The minimum Gasteiger partial charge on any atom is -0.497 e. The summed E-state index contributed by atoms with van der Waals surface area (Å²) in [4.78, 5) is 12.0. The van der Waals surface area contributed by atoms with Gasteiger partial charge in [-0.2, -0.15) is 0 Å². The van der Waals surface area contributed by atoms with Crippen LogP contribution < -0.4 is 15.8 Å². The zero-order valence-electron chi connectivity index (χ0n) is 12.0. The highest BCUT2D eigenvalue weighted by atomic mass is 16.5. The molecule has 0 aromatic heterocycles. The Kier molecular flexibility index (Phi) is 6.36. The lowest BCUT2D eigenvalue weighted by Gasteiger charge is -2.18. The molecule has 0 aliphatic carbocycles. The van der Waals surface area contributed by atoms with Crippen LogP contribution in [0.4, 0.5) is 0 Å². The van der Waals surface area contributed by atoms with Gasteiger partial charge in [-0.1, -0.05) is 19.1 Å². The first-order valence-electron chi connectivity index (χ1n) is 6.73. The van der Waals surface area contributed by atoms with Crippen LogP contribution in [0, 0.1) is 5.92 Å². The lowest BCUT2D eigenvalue weighted by molar-refractivity contribution is -0.125. The van der Waals surface area contributed by atoms with E-state index in [-0.39, 0.29) is 17.9 Å². The molecule has 106 valence electrons. The fourth-order valence-electron chi connectivity index (χ4n) is 1.89. The number of benzene rings is 1. The topological polar surface area (TPSA) is 64.3 Å². The smallest absolute Gasteiger partial charge is 0.223 e. The Bertz CT molecular complexity index is 390. The fraction of sp³-hybridized carbons (Fsp3) is 0.533. The quantitative estimate of drug-likeness (QED) is 0.794. The van der Waals surface area contributed by atoms with Crippen molar-refractivity contribution in [3.8, 4) is 5.75 Å². The van der Waals surface area contributed by atoms with E-state index in [4.69, 9.17) is 10.5 Å². The molecule has 0 fully saturated rings. The van der Waals surface area contributed by atoms with Gasteiger partial charge in [-0.05, 0) is 44.0 Å². The standard InChI is InChI=1S/C15H24N2O2/c1-11(5-4-10-16)15(18)17-12(2)13-6-8-14(19-3)9-7-13/h6-9,11-12H,4-5,10,16H2,1-3H3,(H,17,18). The molecule has 0 saturated heterocycles. The molecule has 4 nitrogen and oxygen atoms in total. The first-order chi connectivity index (χ1) is 9.08. The normalized spacial score (nSPS) is 13.7. The highest BCUT2D eigenvalue weighted by molar-refractivity contribution is 5.78. The molecule has 1 rings (SSSR count). The van der Waals surface area contributed by atoms with Gasteiger partial charge >= 0.3 is 0 Å². The summed E-state index contributed by atoms with van der Waals surface area (Å²) in [5.74, 6) is 0.902. The number of carbonyl (C=O) groups excluding carboxylic acids is 1. The van der Waals surface area contributed by atoms with Gasteiger partial charge < -0.3 is 15.8 Å². The third-order valence-electron chi connectivity index (χ3n) is 3.26. The van der Waals surface area contributed by atoms with E-state index in [1.54, 1.807) is 7.11 Å². The number of hydrogen-bond acceptors (Lipinski definition) is 3. The first-order valence-corrected chi connectivity index (χ1v) is 6.73. The predicted octanol–water partition coefficient (Wildman–Crippen LogP) is 2.25. The summed E-state index contributed by atoms with van der Waals surface area (Å²) >= 11 is 0. The van der Waals surface area contributed by atoms with E-state index in [9.17, 15) is 4.79 Å². The highest BCUT2D eigenvalue weighted by Gasteiger charge is 2.15. The number of ether oxygens (including phenoxy) is 1. The van der Waals surface area contributed by atoms with Gasteiger partial charge in [0, 0.05) is 5.92 Å². The number of hydrogen-bond donors (Lipinski definition) is 2. The van der Waals surface area contributed by atoms with Crippen molar-refractivity contribution in [2.75, 3.05) is 13.7 Å². The maximum atomic E-state index is 12.0. The van der Waals surface area contributed by atoms with Crippen LogP contribution in [0.25, 0.3) is 0 Å². The summed E-state index contributed by atoms with van der Waals surface area (Å²) < 4.78 is 5.11. The maximum absolute atomic E-state index is 12.0. The molecule has 0 saturated carbocycles. The van der Waals surface area contributed by atoms with E-state index in [0.717, 1.165) is 24.2 Å². The monoisotopic (exact) mass is 264 g/mol. The Morgan fingerprint density at radius 2 is 1.95 bits per heavy atom. The number of methoxy groups -OCH3 is 1. The number of carbonyl (C=O) groups is 1. The molecule has 1 aromatic rings. The van der Waals surface area contributed by atoms with Crippen LogP contribution in [0.5, 0.6) is 5.75 Å². The van der Waals surface area contributed by atoms with Gasteiger partial charge in [-0.3, -0.25) is 4.79 Å². The Hall–Kier alpha value is -1.55. The third kappa shape index (κ3) is 4.91. The minimum atomic E-state index is -0.00117. The van der Waals surface area contributed by atoms with Crippen molar-refractivity contribution in [3.63, 3.8) is 0 Å².